The van der Waals surface area contributed by atoms with Crippen molar-refractivity contribution in [3.05, 3.63) is 70.7 Å². The van der Waals surface area contributed by atoms with Crippen LogP contribution in [0.15, 0.2) is 65.1 Å². The van der Waals surface area contributed by atoms with E-state index in [9.17, 15) is 4.79 Å². The molecule has 1 atom stereocenters. The van der Waals surface area contributed by atoms with Crippen LogP contribution in [0.4, 0.5) is 0 Å². The first kappa shape index (κ1) is 18.5. The van der Waals surface area contributed by atoms with Gasteiger partial charge in [0.25, 0.3) is 0 Å². The maximum absolute atomic E-state index is 12.3. The lowest BCUT2D eigenvalue weighted by Crippen LogP contribution is -2.18. The van der Waals surface area contributed by atoms with E-state index >= 15 is 0 Å². The normalized spacial score (nSPS) is 12.0. The summed E-state index contributed by atoms with van der Waals surface area (Å²) in [6, 6.07) is 19.5. The Morgan fingerprint density at radius 2 is 1.73 bits per heavy atom. The van der Waals surface area contributed by atoms with Crippen LogP contribution in [0.5, 0.6) is 11.5 Å². The minimum absolute atomic E-state index is 0.147. The van der Waals surface area contributed by atoms with E-state index in [1.54, 1.807) is 0 Å². The Bertz CT molecular complexity index is 920. The van der Waals surface area contributed by atoms with Gasteiger partial charge in [0.15, 0.2) is 6.61 Å². The molecule has 4 heteroatoms. The lowest BCUT2D eigenvalue weighted by molar-refractivity contribution is -0.136. The van der Waals surface area contributed by atoms with Gasteiger partial charge in [0.1, 0.15) is 11.5 Å². The molecule has 0 aliphatic rings. The summed E-state index contributed by atoms with van der Waals surface area (Å²) < 4.78 is 12.1. The fourth-order valence-corrected chi connectivity index (χ4v) is 3.42. The van der Waals surface area contributed by atoms with Crippen LogP contribution in [0.3, 0.4) is 0 Å². The smallest absolute Gasteiger partial charge is 0.349 e. The van der Waals surface area contributed by atoms with E-state index in [4.69, 9.17) is 9.47 Å². The number of hydrogen-bond acceptors (Lipinski definition) is 3. The van der Waals surface area contributed by atoms with Crippen molar-refractivity contribution in [1.82, 2.24) is 0 Å². The number of ether oxygens (including phenoxy) is 2. The van der Waals surface area contributed by atoms with E-state index in [1.165, 1.54) is 0 Å². The van der Waals surface area contributed by atoms with Gasteiger partial charge in [0.2, 0.25) is 0 Å². The number of carbonyl (C=O) groups excluding carboxylic acids is 1. The van der Waals surface area contributed by atoms with Crippen molar-refractivity contribution >= 4 is 32.7 Å². The largest absolute Gasteiger partial charge is 0.481 e. The van der Waals surface area contributed by atoms with E-state index in [2.05, 4.69) is 29.8 Å². The van der Waals surface area contributed by atoms with Crippen LogP contribution in [-0.4, -0.2) is 12.6 Å². The Morgan fingerprint density at radius 1 is 1.00 bits per heavy atom. The van der Waals surface area contributed by atoms with E-state index < -0.39 is 5.97 Å². The molecule has 3 rings (SSSR count). The summed E-state index contributed by atoms with van der Waals surface area (Å²) in [4.78, 5) is 12.3. The average Bonchev–Trinajstić information content (AvgIpc) is 2.67. The Kier molecular flexibility index (Phi) is 5.94. The molecule has 134 valence electrons. The summed E-state index contributed by atoms with van der Waals surface area (Å²) >= 11 is 3.56. The molecular formula is C22H21BrO3. The van der Waals surface area contributed by atoms with Crippen LogP contribution in [0.2, 0.25) is 0 Å². The van der Waals surface area contributed by atoms with E-state index in [0.717, 1.165) is 27.2 Å². The zero-order valence-corrected chi connectivity index (χ0v) is 16.5. The Morgan fingerprint density at radius 3 is 2.54 bits per heavy atom. The molecule has 3 nitrogen and oxygen atoms in total. The Hall–Kier alpha value is -2.33. The van der Waals surface area contributed by atoms with Gasteiger partial charge < -0.3 is 9.47 Å². The van der Waals surface area contributed by atoms with Crippen LogP contribution in [0.1, 0.15) is 31.7 Å². The predicted octanol–water partition coefficient (Wildman–Crippen LogP) is 6.10. The summed E-state index contributed by atoms with van der Waals surface area (Å²) in [5, 5.41) is 2.15. The molecule has 0 bridgehead atoms. The summed E-state index contributed by atoms with van der Waals surface area (Å²) in [7, 11) is 0. The van der Waals surface area contributed by atoms with Crippen molar-refractivity contribution in [1.29, 1.82) is 0 Å². The lowest BCUT2D eigenvalue weighted by atomic mass is 9.98. The second-order valence-corrected chi connectivity index (χ2v) is 7.00. The highest BCUT2D eigenvalue weighted by Crippen LogP contribution is 2.33. The third-order valence-electron chi connectivity index (χ3n) is 4.46. The molecule has 0 N–H and O–H groups in total. The average molecular weight is 413 g/mol. The predicted molar refractivity (Wildman–Crippen MR) is 108 cm³/mol. The molecule has 0 saturated heterocycles. The van der Waals surface area contributed by atoms with E-state index in [1.807, 2.05) is 60.7 Å². The van der Waals surface area contributed by atoms with Gasteiger partial charge in [-0.05, 0) is 56.7 Å². The van der Waals surface area contributed by atoms with Crippen LogP contribution in [0.25, 0.3) is 10.8 Å². The van der Waals surface area contributed by atoms with Crippen LogP contribution < -0.4 is 9.47 Å². The van der Waals surface area contributed by atoms with Crippen molar-refractivity contribution < 1.29 is 14.3 Å². The van der Waals surface area contributed by atoms with Crippen LogP contribution in [0, 0.1) is 0 Å². The number of carbonyl (C=O) groups is 1. The van der Waals surface area contributed by atoms with Gasteiger partial charge >= 0.3 is 5.97 Å². The molecule has 0 aromatic heterocycles. The van der Waals surface area contributed by atoms with Crippen molar-refractivity contribution in [3.8, 4) is 11.5 Å². The molecule has 0 radical (unpaired) electrons. The summed E-state index contributed by atoms with van der Waals surface area (Å²) in [5.74, 6) is 1.14. The second-order valence-electron chi connectivity index (χ2n) is 6.21. The molecule has 1 unspecified atom stereocenters. The highest BCUT2D eigenvalue weighted by atomic mass is 79.9. The first-order chi connectivity index (χ1) is 12.6. The quantitative estimate of drug-likeness (QED) is 0.362. The molecule has 0 fully saturated rings. The van der Waals surface area contributed by atoms with E-state index in [-0.39, 0.29) is 6.61 Å². The SMILES string of the molecule is CCC(C)c1ccccc1OC(=O)COc1ccc2ccccc2c1Br. The van der Waals surface area contributed by atoms with Gasteiger partial charge in [-0.1, -0.05) is 62.4 Å². The number of para-hydroxylation sites is 1. The molecule has 0 aliphatic heterocycles. The maximum Gasteiger partial charge on any atom is 0.349 e. The van der Waals surface area contributed by atoms with Gasteiger partial charge in [-0.3, -0.25) is 0 Å². The molecular weight excluding hydrogens is 392 g/mol. The molecule has 3 aromatic rings. The number of benzene rings is 3. The van der Waals surface area contributed by atoms with Crippen LogP contribution in [-0.2, 0) is 4.79 Å². The van der Waals surface area contributed by atoms with Gasteiger partial charge in [0.05, 0.1) is 4.47 Å². The summed E-state index contributed by atoms with van der Waals surface area (Å²) in [5.41, 5.74) is 1.04. The molecule has 0 spiro atoms. The highest BCUT2D eigenvalue weighted by molar-refractivity contribution is 9.10. The van der Waals surface area contributed by atoms with Gasteiger partial charge in [0, 0.05) is 0 Å². The summed E-state index contributed by atoms with van der Waals surface area (Å²) in [6.45, 7) is 4.09. The first-order valence-electron chi connectivity index (χ1n) is 8.69. The Labute approximate surface area is 162 Å². The first-order valence-corrected chi connectivity index (χ1v) is 9.49. The van der Waals surface area contributed by atoms with Gasteiger partial charge in [-0.25, -0.2) is 4.79 Å². The minimum atomic E-state index is -0.416. The van der Waals surface area contributed by atoms with Crippen molar-refractivity contribution in [2.45, 2.75) is 26.2 Å². The molecule has 3 aromatic carbocycles. The van der Waals surface area contributed by atoms with E-state index in [0.29, 0.717) is 17.4 Å². The molecule has 0 saturated carbocycles. The molecule has 0 heterocycles. The number of halogens is 1. The number of fused-ring (bicyclic) bond motifs is 1. The lowest BCUT2D eigenvalue weighted by Gasteiger charge is -2.15. The maximum atomic E-state index is 12.3. The monoisotopic (exact) mass is 412 g/mol. The number of esters is 1. The fraction of sp³-hybridized carbons (Fsp3) is 0.227. The number of hydrogen-bond donors (Lipinski definition) is 0. The zero-order valence-electron chi connectivity index (χ0n) is 14.9. The zero-order chi connectivity index (χ0) is 18.5. The van der Waals surface area contributed by atoms with Crippen LogP contribution >= 0.6 is 15.9 Å². The summed E-state index contributed by atoms with van der Waals surface area (Å²) in [6.07, 6.45) is 0.981. The standard InChI is InChI=1S/C22H21BrO3/c1-3-15(2)17-9-6-7-11-19(17)26-21(24)14-25-20-13-12-16-8-4-5-10-18(16)22(20)23/h4-13,15H,3,14H2,1-2H3. The second kappa shape index (κ2) is 8.37. The van der Waals surface area contributed by atoms with Crippen molar-refractivity contribution in [2.24, 2.45) is 0 Å². The third kappa shape index (κ3) is 4.07. The molecule has 26 heavy (non-hydrogen) atoms. The third-order valence-corrected chi connectivity index (χ3v) is 5.28. The van der Waals surface area contributed by atoms with Gasteiger partial charge in [-0.2, -0.15) is 0 Å². The fourth-order valence-electron chi connectivity index (χ4n) is 2.81. The topological polar surface area (TPSA) is 35.5 Å². The van der Waals surface area contributed by atoms with Crippen molar-refractivity contribution in [3.63, 3.8) is 0 Å². The van der Waals surface area contributed by atoms with Crippen molar-refractivity contribution in [2.75, 3.05) is 6.61 Å². The number of rotatable bonds is 6. The highest BCUT2D eigenvalue weighted by Gasteiger charge is 2.14. The minimum Gasteiger partial charge on any atom is -0.481 e. The Balaban J connectivity index is 1.70. The molecule has 0 aliphatic carbocycles. The molecule has 0 amide bonds. The van der Waals surface area contributed by atoms with Gasteiger partial charge in [-0.15, -0.1) is 0 Å².